The molecule has 2 aromatic carbocycles. The third kappa shape index (κ3) is 2.80. The van der Waals surface area contributed by atoms with Gasteiger partial charge in [0.2, 0.25) is 11.6 Å². The fourth-order valence-electron chi connectivity index (χ4n) is 2.48. The van der Waals surface area contributed by atoms with E-state index in [1.165, 1.54) is 12.1 Å². The molecule has 130 valence electrons. The maximum absolute atomic E-state index is 12.6. The largest absolute Gasteiger partial charge is 0.345 e. The van der Waals surface area contributed by atoms with E-state index in [1.807, 2.05) is 0 Å². The van der Waals surface area contributed by atoms with Crippen LogP contribution in [0.5, 0.6) is 0 Å². The number of nitrogens with zero attached hydrogens (tertiary/aromatic N) is 2. The number of allylic oxidation sites excluding steroid dienone is 2. The summed E-state index contributed by atoms with van der Waals surface area (Å²) in [4.78, 5) is 45.3. The molecule has 1 aliphatic rings. The number of Topliss-reactive ketones (excluding diaryl/α,β-unsaturated/α-hetero) is 2. The van der Waals surface area contributed by atoms with Gasteiger partial charge in [-0.25, -0.2) is 0 Å². The van der Waals surface area contributed by atoms with E-state index in [-0.39, 0.29) is 22.5 Å². The minimum absolute atomic E-state index is 0.106. The van der Waals surface area contributed by atoms with Crippen LogP contribution in [-0.4, -0.2) is 21.4 Å². The van der Waals surface area contributed by atoms with Gasteiger partial charge in [0.1, 0.15) is 16.4 Å². The van der Waals surface area contributed by atoms with Crippen LogP contribution in [0.2, 0.25) is 0 Å². The predicted octanol–water partition coefficient (Wildman–Crippen LogP) is 3.44. The highest BCUT2D eigenvalue weighted by Crippen LogP contribution is 2.34. The average Bonchev–Trinajstić information content (AvgIpc) is 2.63. The Morgan fingerprint density at radius 1 is 0.885 bits per heavy atom. The SMILES string of the molecule is O=C1C(Cl)=C(Nc2ccc([N+](=O)[O-])cc2[N+](=O)[O-])C(=O)c2ccccc21. The van der Waals surface area contributed by atoms with E-state index in [0.29, 0.717) is 0 Å². The van der Waals surface area contributed by atoms with E-state index < -0.39 is 37.8 Å². The predicted molar refractivity (Wildman–Crippen MR) is 91.4 cm³/mol. The molecule has 0 fully saturated rings. The lowest BCUT2D eigenvalue weighted by Gasteiger charge is -2.18. The second-order valence-electron chi connectivity index (χ2n) is 5.23. The molecule has 10 heteroatoms. The number of hydrogen-bond acceptors (Lipinski definition) is 7. The Balaban J connectivity index is 2.08. The van der Waals surface area contributed by atoms with E-state index in [2.05, 4.69) is 5.32 Å². The van der Waals surface area contributed by atoms with Crippen LogP contribution in [0.25, 0.3) is 0 Å². The number of halogens is 1. The monoisotopic (exact) mass is 373 g/mol. The Kier molecular flexibility index (Phi) is 4.23. The van der Waals surface area contributed by atoms with Crippen LogP contribution < -0.4 is 5.32 Å². The second kappa shape index (κ2) is 6.37. The fraction of sp³-hybridized carbons (Fsp3) is 0. The number of benzene rings is 2. The molecule has 0 radical (unpaired) electrons. The van der Waals surface area contributed by atoms with Crippen molar-refractivity contribution in [2.24, 2.45) is 0 Å². The number of carbonyl (C=O) groups excluding carboxylic acids is 2. The summed E-state index contributed by atoms with van der Waals surface area (Å²) in [6.45, 7) is 0. The number of nitro benzene ring substituents is 2. The molecule has 26 heavy (non-hydrogen) atoms. The van der Waals surface area contributed by atoms with Gasteiger partial charge in [-0.15, -0.1) is 0 Å². The van der Waals surface area contributed by atoms with Crippen LogP contribution in [0.3, 0.4) is 0 Å². The Morgan fingerprint density at radius 3 is 2.08 bits per heavy atom. The summed E-state index contributed by atoms with van der Waals surface area (Å²) in [5.74, 6) is -1.22. The first kappa shape index (κ1) is 17.2. The van der Waals surface area contributed by atoms with Crippen molar-refractivity contribution >= 4 is 40.2 Å². The van der Waals surface area contributed by atoms with Crippen molar-refractivity contribution in [1.82, 2.24) is 0 Å². The van der Waals surface area contributed by atoms with Gasteiger partial charge in [0.25, 0.3) is 11.4 Å². The van der Waals surface area contributed by atoms with E-state index in [0.717, 1.165) is 18.2 Å². The van der Waals surface area contributed by atoms with Crippen molar-refractivity contribution in [2.75, 3.05) is 5.32 Å². The minimum Gasteiger partial charge on any atom is -0.345 e. The van der Waals surface area contributed by atoms with Crippen molar-refractivity contribution in [3.05, 3.63) is 84.5 Å². The summed E-state index contributed by atoms with van der Waals surface area (Å²) in [7, 11) is 0. The summed E-state index contributed by atoms with van der Waals surface area (Å²) in [5, 5.41) is 24.1. The zero-order valence-corrected chi connectivity index (χ0v) is 13.5. The van der Waals surface area contributed by atoms with Gasteiger partial charge in [-0.2, -0.15) is 0 Å². The molecule has 0 spiro atoms. The standard InChI is InChI=1S/C16H8ClN3O6/c17-13-14(16(22)10-4-2-1-3-9(10)15(13)21)18-11-6-5-8(19(23)24)7-12(11)20(25)26/h1-7,18H. The molecule has 0 aliphatic heterocycles. The number of fused-ring (bicyclic) bond motifs is 1. The highest BCUT2D eigenvalue weighted by atomic mass is 35.5. The van der Waals surface area contributed by atoms with Gasteiger partial charge in [-0.1, -0.05) is 35.9 Å². The van der Waals surface area contributed by atoms with Crippen LogP contribution in [0, 0.1) is 20.2 Å². The molecule has 0 saturated heterocycles. The molecule has 0 unspecified atom stereocenters. The Morgan fingerprint density at radius 2 is 1.50 bits per heavy atom. The molecule has 1 aliphatic carbocycles. The number of carbonyl (C=O) groups is 2. The van der Waals surface area contributed by atoms with Crippen LogP contribution in [0.1, 0.15) is 20.7 Å². The average molecular weight is 374 g/mol. The van der Waals surface area contributed by atoms with Gasteiger partial charge in [-0.05, 0) is 6.07 Å². The molecular formula is C16H8ClN3O6. The van der Waals surface area contributed by atoms with Gasteiger partial charge in [-0.3, -0.25) is 29.8 Å². The van der Waals surface area contributed by atoms with Crippen LogP contribution in [0.4, 0.5) is 17.1 Å². The molecule has 0 heterocycles. The number of non-ortho nitro benzene ring substituents is 1. The molecule has 0 atom stereocenters. The number of nitrogens with one attached hydrogen (secondary N) is 1. The van der Waals surface area contributed by atoms with Crippen molar-refractivity contribution in [3.8, 4) is 0 Å². The van der Waals surface area contributed by atoms with Gasteiger partial charge in [0, 0.05) is 17.2 Å². The summed E-state index contributed by atoms with van der Waals surface area (Å²) >= 11 is 5.99. The molecule has 2 aromatic rings. The van der Waals surface area contributed by atoms with E-state index in [1.54, 1.807) is 12.1 Å². The zero-order valence-electron chi connectivity index (χ0n) is 12.8. The first-order valence-corrected chi connectivity index (χ1v) is 7.47. The maximum Gasteiger partial charge on any atom is 0.299 e. The van der Waals surface area contributed by atoms with E-state index in [4.69, 9.17) is 11.6 Å². The zero-order chi connectivity index (χ0) is 19.0. The van der Waals surface area contributed by atoms with E-state index in [9.17, 15) is 29.8 Å². The van der Waals surface area contributed by atoms with Gasteiger partial charge >= 0.3 is 0 Å². The number of rotatable bonds is 4. The summed E-state index contributed by atoms with van der Waals surface area (Å²) in [6, 6.07) is 8.88. The molecule has 9 nitrogen and oxygen atoms in total. The van der Waals surface area contributed by atoms with Crippen molar-refractivity contribution < 1.29 is 19.4 Å². The number of anilines is 1. The normalized spacial score (nSPS) is 13.4. The van der Waals surface area contributed by atoms with Gasteiger partial charge in [0.05, 0.1) is 15.9 Å². The topological polar surface area (TPSA) is 132 Å². The van der Waals surface area contributed by atoms with Crippen molar-refractivity contribution in [3.63, 3.8) is 0 Å². The number of ketones is 2. The quantitative estimate of drug-likeness (QED) is 0.640. The molecule has 0 aromatic heterocycles. The Labute approximate surface area is 150 Å². The second-order valence-corrected chi connectivity index (χ2v) is 5.61. The lowest BCUT2D eigenvalue weighted by atomic mass is 9.92. The molecular weight excluding hydrogens is 366 g/mol. The lowest BCUT2D eigenvalue weighted by molar-refractivity contribution is -0.393. The highest BCUT2D eigenvalue weighted by molar-refractivity contribution is 6.50. The van der Waals surface area contributed by atoms with Crippen LogP contribution in [0.15, 0.2) is 53.2 Å². The van der Waals surface area contributed by atoms with Crippen LogP contribution in [-0.2, 0) is 0 Å². The number of hydrogen-bond donors (Lipinski definition) is 1. The molecule has 0 saturated carbocycles. The summed E-state index contributed by atoms with van der Waals surface area (Å²) in [6.07, 6.45) is 0. The fourth-order valence-corrected chi connectivity index (χ4v) is 2.72. The Bertz CT molecular complexity index is 1030. The third-order valence-electron chi connectivity index (χ3n) is 3.71. The summed E-state index contributed by atoms with van der Waals surface area (Å²) < 4.78 is 0. The van der Waals surface area contributed by atoms with Crippen LogP contribution >= 0.6 is 11.6 Å². The Hall–Kier alpha value is -3.59. The number of nitro groups is 2. The van der Waals surface area contributed by atoms with Gasteiger partial charge < -0.3 is 5.32 Å². The third-order valence-corrected chi connectivity index (χ3v) is 4.07. The van der Waals surface area contributed by atoms with Crippen molar-refractivity contribution in [1.29, 1.82) is 0 Å². The molecule has 0 amide bonds. The first-order chi connectivity index (χ1) is 12.3. The maximum atomic E-state index is 12.6. The molecule has 1 N–H and O–H groups in total. The van der Waals surface area contributed by atoms with Gasteiger partial charge in [0.15, 0.2) is 0 Å². The molecule has 3 rings (SSSR count). The first-order valence-electron chi connectivity index (χ1n) is 7.09. The highest BCUT2D eigenvalue weighted by Gasteiger charge is 2.32. The molecule has 0 bridgehead atoms. The van der Waals surface area contributed by atoms with Crippen molar-refractivity contribution in [2.45, 2.75) is 0 Å². The lowest BCUT2D eigenvalue weighted by Crippen LogP contribution is -2.24. The summed E-state index contributed by atoms with van der Waals surface area (Å²) in [5.41, 5.74) is -1.41. The smallest absolute Gasteiger partial charge is 0.299 e. The van der Waals surface area contributed by atoms with E-state index >= 15 is 0 Å². The minimum atomic E-state index is -0.840.